The van der Waals surface area contributed by atoms with Crippen molar-refractivity contribution in [1.29, 1.82) is 0 Å². The molecule has 1 fully saturated rings. The van der Waals surface area contributed by atoms with Crippen molar-refractivity contribution in [2.75, 3.05) is 13.7 Å². The number of furan rings is 1. The molecular weight excluding hydrogens is 266 g/mol. The van der Waals surface area contributed by atoms with Gasteiger partial charge in [0.15, 0.2) is 0 Å². The Bertz CT molecular complexity index is 579. The number of amides is 1. The summed E-state index contributed by atoms with van der Waals surface area (Å²) < 4.78 is 10.6. The number of rotatable bonds is 4. The van der Waals surface area contributed by atoms with Gasteiger partial charge in [-0.15, -0.1) is 0 Å². The van der Waals surface area contributed by atoms with Crippen LogP contribution in [0.4, 0.5) is 0 Å². The molecule has 4 nitrogen and oxygen atoms in total. The molecule has 0 spiro atoms. The van der Waals surface area contributed by atoms with Crippen molar-refractivity contribution in [3.05, 3.63) is 60.1 Å². The van der Waals surface area contributed by atoms with Gasteiger partial charge in [-0.2, -0.15) is 0 Å². The lowest BCUT2D eigenvalue weighted by Gasteiger charge is -2.27. The lowest BCUT2D eigenvalue weighted by Crippen LogP contribution is -2.41. The molecule has 0 aliphatic carbocycles. The molecule has 1 amide bonds. The summed E-state index contributed by atoms with van der Waals surface area (Å²) in [6.07, 6.45) is 4.80. The van der Waals surface area contributed by atoms with E-state index < -0.39 is 0 Å². The van der Waals surface area contributed by atoms with E-state index in [4.69, 9.17) is 9.15 Å². The monoisotopic (exact) mass is 285 g/mol. The van der Waals surface area contributed by atoms with E-state index in [1.807, 2.05) is 23.1 Å². The van der Waals surface area contributed by atoms with E-state index in [1.165, 1.54) is 18.1 Å². The second-order valence-corrected chi connectivity index (χ2v) is 5.33. The summed E-state index contributed by atoms with van der Waals surface area (Å²) in [5, 5.41) is 0. The van der Waals surface area contributed by atoms with Crippen molar-refractivity contribution < 1.29 is 13.9 Å². The Balaban J connectivity index is 1.80. The van der Waals surface area contributed by atoms with Crippen LogP contribution in [-0.4, -0.2) is 36.6 Å². The predicted molar refractivity (Wildman–Crippen MR) is 79.1 cm³/mol. The SMILES string of the molecule is CO[C@@H]1CCN(C(=O)c2ccoc2)[C@H]1Cc1ccccc1. The standard InChI is InChI=1S/C17H19NO3/c1-20-16-7-9-18(17(19)14-8-10-21-12-14)15(16)11-13-5-3-2-4-6-13/h2-6,8,10,12,15-16H,7,9,11H2,1H3/t15-,16+/m0/s1. The molecule has 3 rings (SSSR count). The van der Waals surface area contributed by atoms with Crippen LogP contribution in [0.2, 0.25) is 0 Å². The molecule has 0 unspecified atom stereocenters. The molecular formula is C17H19NO3. The Morgan fingerprint density at radius 2 is 2.14 bits per heavy atom. The zero-order valence-corrected chi connectivity index (χ0v) is 12.1. The van der Waals surface area contributed by atoms with Gasteiger partial charge in [-0.1, -0.05) is 30.3 Å². The van der Waals surface area contributed by atoms with Crippen LogP contribution in [0.1, 0.15) is 22.3 Å². The summed E-state index contributed by atoms with van der Waals surface area (Å²) >= 11 is 0. The van der Waals surface area contributed by atoms with Gasteiger partial charge in [-0.05, 0) is 24.5 Å². The van der Waals surface area contributed by atoms with Crippen LogP contribution in [0, 0.1) is 0 Å². The van der Waals surface area contributed by atoms with E-state index in [0.717, 1.165) is 19.4 Å². The van der Waals surface area contributed by atoms with Gasteiger partial charge in [0.1, 0.15) is 6.26 Å². The number of methoxy groups -OCH3 is 1. The molecule has 110 valence electrons. The molecule has 2 aromatic rings. The van der Waals surface area contributed by atoms with E-state index in [-0.39, 0.29) is 18.1 Å². The third kappa shape index (κ3) is 2.85. The Kier molecular flexibility index (Phi) is 4.06. The first-order chi connectivity index (χ1) is 10.3. The number of likely N-dealkylation sites (tertiary alicyclic amines) is 1. The highest BCUT2D eigenvalue weighted by Crippen LogP contribution is 2.26. The number of hydrogen-bond acceptors (Lipinski definition) is 3. The molecule has 1 saturated heterocycles. The summed E-state index contributed by atoms with van der Waals surface area (Å²) in [5.41, 5.74) is 1.82. The Hall–Kier alpha value is -2.07. The van der Waals surface area contributed by atoms with Gasteiger partial charge in [-0.25, -0.2) is 0 Å². The van der Waals surface area contributed by atoms with E-state index in [9.17, 15) is 4.79 Å². The maximum atomic E-state index is 12.6. The first-order valence-corrected chi connectivity index (χ1v) is 7.19. The molecule has 1 aromatic heterocycles. The number of benzene rings is 1. The van der Waals surface area contributed by atoms with Gasteiger partial charge in [0.25, 0.3) is 5.91 Å². The second-order valence-electron chi connectivity index (χ2n) is 5.33. The third-order valence-corrected chi connectivity index (χ3v) is 4.10. The predicted octanol–water partition coefficient (Wildman–Crippen LogP) is 2.75. The first-order valence-electron chi connectivity index (χ1n) is 7.19. The van der Waals surface area contributed by atoms with Crippen LogP contribution in [0.3, 0.4) is 0 Å². The number of ether oxygens (including phenoxy) is 1. The lowest BCUT2D eigenvalue weighted by atomic mass is 10.0. The molecule has 1 aromatic carbocycles. The van der Waals surface area contributed by atoms with Crippen molar-refractivity contribution in [3.8, 4) is 0 Å². The van der Waals surface area contributed by atoms with Gasteiger partial charge >= 0.3 is 0 Å². The van der Waals surface area contributed by atoms with Gasteiger partial charge in [0, 0.05) is 13.7 Å². The number of nitrogens with zero attached hydrogens (tertiary/aromatic N) is 1. The number of carbonyl (C=O) groups excluding carboxylic acids is 1. The molecule has 0 radical (unpaired) electrons. The van der Waals surface area contributed by atoms with Crippen LogP contribution in [0.25, 0.3) is 0 Å². The van der Waals surface area contributed by atoms with Crippen LogP contribution >= 0.6 is 0 Å². The minimum absolute atomic E-state index is 0.0178. The summed E-state index contributed by atoms with van der Waals surface area (Å²) in [5.74, 6) is 0.0178. The van der Waals surface area contributed by atoms with E-state index in [2.05, 4.69) is 12.1 Å². The van der Waals surface area contributed by atoms with Gasteiger partial charge < -0.3 is 14.1 Å². The minimum Gasteiger partial charge on any atom is -0.472 e. The Morgan fingerprint density at radius 3 is 2.81 bits per heavy atom. The van der Waals surface area contributed by atoms with Crippen LogP contribution in [-0.2, 0) is 11.2 Å². The Labute approximate surface area is 124 Å². The summed E-state index contributed by atoms with van der Waals surface area (Å²) in [4.78, 5) is 14.5. The molecule has 21 heavy (non-hydrogen) atoms. The van der Waals surface area contributed by atoms with Crippen molar-refractivity contribution in [2.24, 2.45) is 0 Å². The maximum absolute atomic E-state index is 12.6. The fraction of sp³-hybridized carbons (Fsp3) is 0.353. The Morgan fingerprint density at radius 1 is 1.33 bits per heavy atom. The fourth-order valence-electron chi connectivity index (χ4n) is 3.00. The van der Waals surface area contributed by atoms with Gasteiger partial charge in [0.05, 0.1) is 24.0 Å². The van der Waals surface area contributed by atoms with E-state index in [0.29, 0.717) is 5.56 Å². The maximum Gasteiger partial charge on any atom is 0.257 e. The lowest BCUT2D eigenvalue weighted by molar-refractivity contribution is 0.0508. The third-order valence-electron chi connectivity index (χ3n) is 4.10. The molecule has 0 bridgehead atoms. The number of carbonyl (C=O) groups is 1. The zero-order valence-electron chi connectivity index (χ0n) is 12.1. The van der Waals surface area contributed by atoms with Crippen molar-refractivity contribution in [3.63, 3.8) is 0 Å². The quantitative estimate of drug-likeness (QED) is 0.867. The molecule has 4 heteroatoms. The zero-order chi connectivity index (χ0) is 14.7. The van der Waals surface area contributed by atoms with Crippen LogP contribution in [0.5, 0.6) is 0 Å². The van der Waals surface area contributed by atoms with E-state index in [1.54, 1.807) is 13.2 Å². The molecule has 1 aliphatic heterocycles. The highest BCUT2D eigenvalue weighted by Gasteiger charge is 2.37. The van der Waals surface area contributed by atoms with Crippen molar-refractivity contribution >= 4 is 5.91 Å². The van der Waals surface area contributed by atoms with E-state index >= 15 is 0 Å². The van der Waals surface area contributed by atoms with Gasteiger partial charge in [0.2, 0.25) is 0 Å². The minimum atomic E-state index is 0.0178. The second kappa shape index (κ2) is 6.14. The number of hydrogen-bond donors (Lipinski definition) is 0. The van der Waals surface area contributed by atoms with Crippen molar-refractivity contribution in [2.45, 2.75) is 25.0 Å². The molecule has 0 saturated carbocycles. The fourth-order valence-corrected chi connectivity index (χ4v) is 3.00. The topological polar surface area (TPSA) is 42.7 Å². The normalized spacial score (nSPS) is 21.7. The van der Waals surface area contributed by atoms with Crippen LogP contribution in [0.15, 0.2) is 53.3 Å². The van der Waals surface area contributed by atoms with Crippen molar-refractivity contribution in [1.82, 2.24) is 4.90 Å². The average molecular weight is 285 g/mol. The molecule has 1 aliphatic rings. The first kappa shape index (κ1) is 13.9. The largest absolute Gasteiger partial charge is 0.472 e. The highest BCUT2D eigenvalue weighted by molar-refractivity contribution is 5.94. The molecule has 2 heterocycles. The molecule has 0 N–H and O–H groups in total. The summed E-state index contributed by atoms with van der Waals surface area (Å²) in [6.45, 7) is 0.722. The average Bonchev–Trinajstić information content (AvgIpc) is 3.17. The summed E-state index contributed by atoms with van der Waals surface area (Å²) in [7, 11) is 1.72. The smallest absolute Gasteiger partial charge is 0.257 e. The molecule has 2 atom stereocenters. The van der Waals surface area contributed by atoms with Crippen LogP contribution < -0.4 is 0 Å². The summed E-state index contributed by atoms with van der Waals surface area (Å²) in [6, 6.07) is 12.0. The van der Waals surface area contributed by atoms with Gasteiger partial charge in [-0.3, -0.25) is 4.79 Å². The highest BCUT2D eigenvalue weighted by atomic mass is 16.5.